The number of anilines is 2. The lowest BCUT2D eigenvalue weighted by Gasteiger charge is -2.44. The molecule has 10 nitrogen and oxygen atoms in total. The van der Waals surface area contributed by atoms with E-state index < -0.39 is 17.2 Å². The number of hydrogen-bond acceptors (Lipinski definition) is 7. The van der Waals surface area contributed by atoms with Gasteiger partial charge >= 0.3 is 12.1 Å². The summed E-state index contributed by atoms with van der Waals surface area (Å²) in [4.78, 5) is 41.5. The summed E-state index contributed by atoms with van der Waals surface area (Å²) in [5, 5.41) is 0. The number of hydrogen-bond donors (Lipinski definition) is 1. The monoisotopic (exact) mass is 546 g/mol. The summed E-state index contributed by atoms with van der Waals surface area (Å²) < 4.78 is 12.0. The van der Waals surface area contributed by atoms with Crippen molar-refractivity contribution in [1.29, 1.82) is 0 Å². The number of nitrogens with zero attached hydrogens (tertiary/aromatic N) is 5. The average molecular weight is 547 g/mol. The number of urea groups is 1. The third-order valence-electron chi connectivity index (χ3n) is 6.85. The van der Waals surface area contributed by atoms with Gasteiger partial charge < -0.3 is 15.2 Å². The van der Waals surface area contributed by atoms with Crippen LogP contribution < -0.4 is 15.4 Å². The lowest BCUT2D eigenvalue weighted by Crippen LogP contribution is -2.57. The Kier molecular flexibility index (Phi) is 8.27. The van der Waals surface area contributed by atoms with Crippen molar-refractivity contribution >= 4 is 23.6 Å². The van der Waals surface area contributed by atoms with Crippen LogP contribution in [-0.2, 0) is 4.74 Å². The average Bonchev–Trinajstić information content (AvgIpc) is 2.88. The minimum absolute atomic E-state index is 0.293. The largest absolute Gasteiger partial charge is 0.491 e. The molecule has 1 aliphatic rings. The van der Waals surface area contributed by atoms with Gasteiger partial charge in [0.25, 0.3) is 0 Å². The molecule has 0 aliphatic carbocycles. The Labute approximate surface area is 235 Å². The summed E-state index contributed by atoms with van der Waals surface area (Å²) in [5.74, 6) is 1.01. The predicted octanol–water partition coefficient (Wildman–Crippen LogP) is 5.93. The van der Waals surface area contributed by atoms with Crippen LogP contribution in [0, 0.1) is 13.8 Å². The van der Waals surface area contributed by atoms with Crippen molar-refractivity contribution in [1.82, 2.24) is 19.9 Å². The van der Waals surface area contributed by atoms with Crippen LogP contribution in [-0.4, -0.2) is 56.3 Å². The Bertz CT molecular complexity index is 1370. The molecule has 0 radical (unpaired) electrons. The second-order valence-electron chi connectivity index (χ2n) is 11.4. The summed E-state index contributed by atoms with van der Waals surface area (Å²) in [7, 11) is 0. The van der Waals surface area contributed by atoms with Crippen LogP contribution >= 0.6 is 0 Å². The second kappa shape index (κ2) is 11.5. The zero-order valence-corrected chi connectivity index (χ0v) is 24.1. The number of primary amides is 1. The van der Waals surface area contributed by atoms with E-state index in [4.69, 9.17) is 15.2 Å². The van der Waals surface area contributed by atoms with E-state index >= 15 is 0 Å². The molecular weight excluding hydrogens is 508 g/mol. The first kappa shape index (κ1) is 28.8. The maximum Gasteiger partial charge on any atom is 0.410 e. The van der Waals surface area contributed by atoms with Crippen molar-refractivity contribution < 1.29 is 19.1 Å². The molecule has 0 saturated carbocycles. The molecular formula is C30H38N6O4. The Hall–Kier alpha value is -4.21. The smallest absolute Gasteiger partial charge is 0.410 e. The first-order valence-electron chi connectivity index (χ1n) is 13.4. The summed E-state index contributed by atoms with van der Waals surface area (Å²) in [5.41, 5.74) is 8.25. The summed E-state index contributed by atoms with van der Waals surface area (Å²) >= 11 is 0. The molecule has 1 saturated heterocycles. The highest BCUT2D eigenvalue weighted by atomic mass is 16.6. The Morgan fingerprint density at radius 1 is 1.10 bits per heavy atom. The predicted molar refractivity (Wildman–Crippen MR) is 154 cm³/mol. The number of pyridine rings is 1. The third-order valence-corrected chi connectivity index (χ3v) is 6.85. The number of carbonyl (C=O) groups is 2. The number of rotatable bonds is 6. The van der Waals surface area contributed by atoms with Gasteiger partial charge in [0.05, 0.1) is 35.5 Å². The molecule has 3 amide bonds. The molecule has 10 heteroatoms. The molecule has 2 N–H and O–H groups in total. The molecule has 3 heterocycles. The zero-order valence-electron chi connectivity index (χ0n) is 24.1. The first-order chi connectivity index (χ1) is 18.9. The summed E-state index contributed by atoms with van der Waals surface area (Å²) in [6.07, 6.45) is 7.17. The Balaban J connectivity index is 1.52. The normalized spacial score (nSPS) is 17.3. The maximum atomic E-state index is 12.9. The van der Waals surface area contributed by atoms with Gasteiger partial charge in [-0.05, 0) is 96.7 Å². The van der Waals surface area contributed by atoms with Gasteiger partial charge in [0.15, 0.2) is 5.82 Å². The first-order valence-corrected chi connectivity index (χ1v) is 13.4. The van der Waals surface area contributed by atoms with E-state index in [2.05, 4.69) is 21.9 Å². The van der Waals surface area contributed by atoms with Gasteiger partial charge in [-0.25, -0.2) is 19.5 Å². The number of carbonyl (C=O) groups excluding carboxylic acids is 2. The van der Waals surface area contributed by atoms with Crippen molar-refractivity contribution in [3.8, 4) is 17.0 Å². The van der Waals surface area contributed by atoms with Gasteiger partial charge in [-0.2, -0.15) is 0 Å². The molecule has 0 bridgehead atoms. The molecule has 1 aromatic carbocycles. The topological polar surface area (TPSA) is 124 Å². The Morgan fingerprint density at radius 2 is 1.88 bits per heavy atom. The number of piperidine rings is 1. The van der Waals surface area contributed by atoms with Crippen LogP contribution in [0.2, 0.25) is 0 Å². The number of benzene rings is 1. The van der Waals surface area contributed by atoms with Crippen LogP contribution in [0.5, 0.6) is 5.75 Å². The Morgan fingerprint density at radius 3 is 2.52 bits per heavy atom. The zero-order chi connectivity index (χ0) is 29.1. The number of aryl methyl sites for hydroxylation is 2. The fourth-order valence-electron chi connectivity index (χ4n) is 4.73. The highest BCUT2D eigenvalue weighted by molar-refractivity contribution is 5.97. The number of aromatic nitrogens is 3. The van der Waals surface area contributed by atoms with Gasteiger partial charge in [-0.15, -0.1) is 0 Å². The molecule has 212 valence electrons. The molecule has 1 aliphatic heterocycles. The van der Waals surface area contributed by atoms with Gasteiger partial charge in [0.1, 0.15) is 18.0 Å². The van der Waals surface area contributed by atoms with Crippen molar-refractivity contribution in [2.45, 2.75) is 71.9 Å². The van der Waals surface area contributed by atoms with Crippen LogP contribution in [0.4, 0.5) is 21.1 Å². The van der Waals surface area contributed by atoms with Crippen LogP contribution in [0.25, 0.3) is 11.3 Å². The van der Waals surface area contributed by atoms with Crippen LogP contribution in [0.3, 0.4) is 0 Å². The summed E-state index contributed by atoms with van der Waals surface area (Å²) in [6.45, 7) is 12.5. The number of amides is 3. The minimum Gasteiger partial charge on any atom is -0.491 e. The fourth-order valence-corrected chi connectivity index (χ4v) is 4.73. The van der Waals surface area contributed by atoms with E-state index in [1.165, 1.54) is 11.1 Å². The van der Waals surface area contributed by atoms with Crippen molar-refractivity contribution in [3.05, 3.63) is 60.2 Å². The molecule has 1 atom stereocenters. The molecule has 1 unspecified atom stereocenters. The van der Waals surface area contributed by atoms with E-state index in [-0.39, 0.29) is 6.09 Å². The fraction of sp³-hybridized carbons (Fsp3) is 0.433. The SMILES string of the molecule is Cc1ccc(N(C(N)=O)c2cncc(-c3ccc(OCC4(C)CCCCN4C(=O)OC(C)(C)C)c(C)c3)n2)cn1. The molecule has 2 aromatic heterocycles. The molecule has 4 rings (SSSR count). The number of likely N-dealkylation sites (tertiary alicyclic amines) is 1. The van der Waals surface area contributed by atoms with E-state index in [1.54, 1.807) is 29.4 Å². The standard InChI is InChI=1S/C30H38N6O4/c1-20-15-22(24-17-32-18-26(34-24)36(27(31)37)23-11-9-21(2)33-16-23)10-12-25(20)39-19-30(6)13-7-8-14-35(30)28(38)40-29(3,4)5/h9-12,15-18H,7-8,13-14,19H2,1-6H3,(H2,31,37). The van der Waals surface area contributed by atoms with Crippen LogP contribution in [0.1, 0.15) is 58.2 Å². The maximum absolute atomic E-state index is 12.9. The third kappa shape index (κ3) is 6.67. The second-order valence-corrected chi connectivity index (χ2v) is 11.4. The van der Waals surface area contributed by atoms with E-state index in [9.17, 15) is 9.59 Å². The van der Waals surface area contributed by atoms with Gasteiger partial charge in [-0.1, -0.05) is 0 Å². The highest BCUT2D eigenvalue weighted by Gasteiger charge is 2.40. The number of ether oxygens (including phenoxy) is 2. The molecule has 0 spiro atoms. The van der Waals surface area contributed by atoms with Gasteiger partial charge in [-0.3, -0.25) is 14.9 Å². The molecule has 3 aromatic rings. The van der Waals surface area contributed by atoms with Crippen molar-refractivity contribution in [2.24, 2.45) is 5.73 Å². The van der Waals surface area contributed by atoms with Gasteiger partial charge in [0, 0.05) is 17.8 Å². The van der Waals surface area contributed by atoms with Crippen molar-refractivity contribution in [2.75, 3.05) is 18.1 Å². The van der Waals surface area contributed by atoms with Crippen molar-refractivity contribution in [3.63, 3.8) is 0 Å². The van der Waals surface area contributed by atoms with E-state index in [0.717, 1.165) is 36.1 Å². The quantitative estimate of drug-likeness (QED) is 0.406. The van der Waals surface area contributed by atoms with E-state index in [1.807, 2.05) is 52.8 Å². The lowest BCUT2D eigenvalue weighted by atomic mass is 9.89. The molecule has 1 fully saturated rings. The highest BCUT2D eigenvalue weighted by Crippen LogP contribution is 2.33. The van der Waals surface area contributed by atoms with E-state index in [0.29, 0.717) is 36.1 Å². The number of nitrogens with two attached hydrogens (primary N) is 1. The minimum atomic E-state index is -0.686. The lowest BCUT2D eigenvalue weighted by molar-refractivity contribution is -0.0236. The molecule has 40 heavy (non-hydrogen) atoms. The van der Waals surface area contributed by atoms with Gasteiger partial charge in [0.2, 0.25) is 0 Å². The van der Waals surface area contributed by atoms with Crippen LogP contribution in [0.15, 0.2) is 48.9 Å². The summed E-state index contributed by atoms with van der Waals surface area (Å²) in [6, 6.07) is 8.61.